The molecule has 0 aliphatic rings. The minimum absolute atomic E-state index is 0.128. The molecule has 0 spiro atoms. The number of aromatic amines is 1. The molecule has 0 bridgehead atoms. The normalized spacial score (nSPS) is 12.9. The van der Waals surface area contributed by atoms with E-state index in [1.54, 1.807) is 7.11 Å². The molecule has 2 N–H and O–H groups in total. The van der Waals surface area contributed by atoms with Gasteiger partial charge in [-0.15, -0.1) is 0 Å². The highest BCUT2D eigenvalue weighted by atomic mass is 16.5. The second-order valence-electron chi connectivity index (χ2n) is 7.35. The lowest BCUT2D eigenvalue weighted by Crippen LogP contribution is -2.22. The summed E-state index contributed by atoms with van der Waals surface area (Å²) in [7, 11) is 1.68. The van der Waals surface area contributed by atoms with Crippen molar-refractivity contribution in [3.63, 3.8) is 0 Å². The monoisotopic (exact) mass is 379 g/mol. The molecule has 0 unspecified atom stereocenters. The zero-order chi connectivity index (χ0) is 19.8. The molecule has 0 amide bonds. The Morgan fingerprint density at radius 3 is 2.75 bits per heavy atom. The third-order valence-corrected chi connectivity index (χ3v) is 4.77. The van der Waals surface area contributed by atoms with Gasteiger partial charge in [-0.25, -0.2) is 15.0 Å². The number of hydrogen-bond donors (Lipinski definition) is 2. The van der Waals surface area contributed by atoms with E-state index in [9.17, 15) is 0 Å². The molecular formula is C20H25N7O. The predicted molar refractivity (Wildman–Crippen MR) is 110 cm³/mol. The van der Waals surface area contributed by atoms with E-state index in [1.807, 2.05) is 32.4 Å². The minimum Gasteiger partial charge on any atom is -0.383 e. The highest BCUT2D eigenvalue weighted by molar-refractivity contribution is 5.95. The average Bonchev–Trinajstić information content (AvgIpc) is 3.20. The lowest BCUT2D eigenvalue weighted by atomic mass is 10.1. The zero-order valence-corrected chi connectivity index (χ0v) is 16.8. The average molecular weight is 379 g/mol. The fraction of sp³-hybridized carbons (Fsp3) is 0.400. The lowest BCUT2D eigenvalue weighted by Gasteiger charge is -2.12. The number of nitrogens with one attached hydrogen (secondary N) is 2. The number of anilines is 1. The van der Waals surface area contributed by atoms with Crippen molar-refractivity contribution in [3.8, 4) is 11.1 Å². The molecule has 0 aliphatic carbocycles. The van der Waals surface area contributed by atoms with Gasteiger partial charge in [-0.3, -0.25) is 0 Å². The first-order valence-electron chi connectivity index (χ1n) is 9.42. The molecule has 0 saturated heterocycles. The molecule has 4 rings (SSSR count). The number of imidazole rings is 1. The van der Waals surface area contributed by atoms with Gasteiger partial charge < -0.3 is 19.6 Å². The van der Waals surface area contributed by atoms with Gasteiger partial charge in [0.15, 0.2) is 5.65 Å². The molecule has 146 valence electrons. The quantitative estimate of drug-likeness (QED) is 0.530. The van der Waals surface area contributed by atoms with Crippen LogP contribution in [-0.4, -0.2) is 49.2 Å². The Morgan fingerprint density at radius 1 is 1.18 bits per heavy atom. The number of aromatic nitrogens is 6. The lowest BCUT2D eigenvalue weighted by molar-refractivity contribution is 0.190. The van der Waals surface area contributed by atoms with E-state index in [2.05, 4.69) is 54.7 Å². The number of fused-ring (bicyclic) bond motifs is 2. The van der Waals surface area contributed by atoms with E-state index < -0.39 is 0 Å². The molecule has 8 nitrogen and oxygen atoms in total. The van der Waals surface area contributed by atoms with Crippen molar-refractivity contribution >= 4 is 28.1 Å². The Balaban J connectivity index is 1.74. The molecule has 28 heavy (non-hydrogen) atoms. The number of aryl methyl sites for hydroxylation is 1. The molecule has 0 aromatic carbocycles. The maximum absolute atomic E-state index is 5.15. The van der Waals surface area contributed by atoms with Crippen molar-refractivity contribution in [1.29, 1.82) is 0 Å². The van der Waals surface area contributed by atoms with Crippen LogP contribution in [0.3, 0.4) is 0 Å². The number of ether oxygens (including phenoxy) is 1. The van der Waals surface area contributed by atoms with Crippen LogP contribution in [0.5, 0.6) is 0 Å². The topological polar surface area (TPSA) is 93.5 Å². The summed E-state index contributed by atoms with van der Waals surface area (Å²) < 4.78 is 7.35. The fourth-order valence-corrected chi connectivity index (χ4v) is 3.62. The van der Waals surface area contributed by atoms with E-state index in [0.29, 0.717) is 18.6 Å². The highest BCUT2D eigenvalue weighted by Gasteiger charge is 2.15. The van der Waals surface area contributed by atoms with E-state index in [1.165, 1.54) is 0 Å². The van der Waals surface area contributed by atoms with E-state index in [0.717, 1.165) is 39.1 Å². The third kappa shape index (κ3) is 3.20. The molecule has 0 radical (unpaired) electrons. The number of methoxy groups -OCH3 is 1. The molecule has 0 saturated carbocycles. The molecular weight excluding hydrogens is 354 g/mol. The van der Waals surface area contributed by atoms with Crippen LogP contribution in [0.1, 0.15) is 32.6 Å². The van der Waals surface area contributed by atoms with E-state index >= 15 is 0 Å². The number of hydrogen-bond acceptors (Lipinski definition) is 6. The zero-order valence-electron chi connectivity index (χ0n) is 16.8. The molecule has 4 heterocycles. The fourth-order valence-electron chi connectivity index (χ4n) is 3.62. The van der Waals surface area contributed by atoms with Gasteiger partial charge in [-0.1, -0.05) is 0 Å². The van der Waals surface area contributed by atoms with Gasteiger partial charge in [0.2, 0.25) is 5.95 Å². The second kappa shape index (κ2) is 7.20. The van der Waals surface area contributed by atoms with Crippen LogP contribution in [0.2, 0.25) is 0 Å². The van der Waals surface area contributed by atoms with Crippen LogP contribution < -0.4 is 5.32 Å². The largest absolute Gasteiger partial charge is 0.383 e. The number of nitrogens with zero attached hydrogens (tertiary/aromatic N) is 5. The third-order valence-electron chi connectivity index (χ3n) is 4.77. The SMILES string of the molecule is COC[C@H](C)Nc1ncc2c(-c3cnc4nc(C)n(C(C)C)c4c3)c[nH]c2n1. The van der Waals surface area contributed by atoms with Crippen molar-refractivity contribution in [2.24, 2.45) is 0 Å². The van der Waals surface area contributed by atoms with Gasteiger partial charge in [0.05, 0.1) is 12.1 Å². The van der Waals surface area contributed by atoms with Gasteiger partial charge in [0.1, 0.15) is 11.5 Å². The Hall–Kier alpha value is -3.00. The van der Waals surface area contributed by atoms with Gasteiger partial charge in [0, 0.05) is 54.3 Å². The van der Waals surface area contributed by atoms with Crippen molar-refractivity contribution in [2.45, 2.75) is 39.8 Å². The summed E-state index contributed by atoms with van der Waals surface area (Å²) in [5, 5.41) is 4.20. The predicted octanol–water partition coefficient (Wildman–Crippen LogP) is 3.71. The molecule has 1 atom stereocenters. The van der Waals surface area contributed by atoms with Crippen LogP contribution in [0.4, 0.5) is 5.95 Å². The van der Waals surface area contributed by atoms with Crippen molar-refractivity contribution in [1.82, 2.24) is 29.5 Å². The van der Waals surface area contributed by atoms with Gasteiger partial charge >= 0.3 is 0 Å². The van der Waals surface area contributed by atoms with Crippen molar-refractivity contribution < 1.29 is 4.74 Å². The summed E-state index contributed by atoms with van der Waals surface area (Å²) in [6.07, 6.45) is 5.65. The van der Waals surface area contributed by atoms with Gasteiger partial charge in [-0.05, 0) is 33.8 Å². The van der Waals surface area contributed by atoms with Crippen LogP contribution in [-0.2, 0) is 4.74 Å². The molecule has 4 aromatic heterocycles. The van der Waals surface area contributed by atoms with Crippen molar-refractivity contribution in [2.75, 3.05) is 19.0 Å². The maximum atomic E-state index is 5.15. The van der Waals surface area contributed by atoms with Gasteiger partial charge in [-0.2, -0.15) is 4.98 Å². The van der Waals surface area contributed by atoms with Crippen LogP contribution in [0.25, 0.3) is 33.3 Å². The summed E-state index contributed by atoms with van der Waals surface area (Å²) in [5.74, 6) is 1.55. The molecule has 4 aromatic rings. The van der Waals surface area contributed by atoms with Crippen LogP contribution in [0, 0.1) is 6.92 Å². The molecule has 8 heteroatoms. The Kier molecular flexibility index (Phi) is 4.72. The van der Waals surface area contributed by atoms with Crippen LogP contribution in [0.15, 0.2) is 24.7 Å². The second-order valence-corrected chi connectivity index (χ2v) is 7.35. The molecule has 0 aliphatic heterocycles. The summed E-state index contributed by atoms with van der Waals surface area (Å²) in [6, 6.07) is 2.58. The maximum Gasteiger partial charge on any atom is 0.224 e. The molecule has 0 fully saturated rings. The smallest absolute Gasteiger partial charge is 0.224 e. The Bertz CT molecular complexity index is 1130. The first-order valence-corrected chi connectivity index (χ1v) is 9.42. The van der Waals surface area contributed by atoms with Crippen molar-refractivity contribution in [3.05, 3.63) is 30.5 Å². The summed E-state index contributed by atoms with van der Waals surface area (Å²) >= 11 is 0. The number of pyridine rings is 1. The number of H-pyrrole nitrogens is 1. The van der Waals surface area contributed by atoms with Gasteiger partial charge in [0.25, 0.3) is 0 Å². The van der Waals surface area contributed by atoms with E-state index in [4.69, 9.17) is 4.74 Å². The minimum atomic E-state index is 0.128. The number of rotatable bonds is 6. The Labute approximate surface area is 163 Å². The summed E-state index contributed by atoms with van der Waals surface area (Å²) in [6.45, 7) is 8.93. The standard InChI is InChI=1S/C20H25N7O/c1-11(2)27-13(4)25-19-17(27)6-14(7-21-19)15-8-22-18-16(15)9-23-20(26-18)24-12(3)10-28-5/h6-9,11-12H,10H2,1-5H3,(H2,22,23,24,26)/t12-/m0/s1. The summed E-state index contributed by atoms with van der Waals surface area (Å²) in [4.78, 5) is 21.4. The van der Waals surface area contributed by atoms with Crippen LogP contribution >= 0.6 is 0 Å². The van der Waals surface area contributed by atoms with E-state index in [-0.39, 0.29) is 6.04 Å². The Morgan fingerprint density at radius 2 is 2.00 bits per heavy atom. The summed E-state index contributed by atoms with van der Waals surface area (Å²) in [5.41, 5.74) is 4.62. The first kappa shape index (κ1) is 18.4. The first-order chi connectivity index (χ1) is 13.5. The highest BCUT2D eigenvalue weighted by Crippen LogP contribution is 2.30.